The molecular formula is C25H25N5OS2. The highest BCUT2D eigenvalue weighted by Gasteiger charge is 2.21. The van der Waals surface area contributed by atoms with Gasteiger partial charge in [-0.1, -0.05) is 73.3 Å². The normalized spacial score (nSPS) is 13.4. The number of anilines is 2. The summed E-state index contributed by atoms with van der Waals surface area (Å²) >= 11 is 3.03. The van der Waals surface area contributed by atoms with Crippen LogP contribution in [0.5, 0.6) is 0 Å². The molecule has 3 heterocycles. The molecule has 4 aromatic rings. The van der Waals surface area contributed by atoms with Crippen LogP contribution < -0.4 is 10.2 Å². The number of carbonyl (C=O) groups is 1. The lowest BCUT2D eigenvalue weighted by molar-refractivity contribution is -0.113. The number of rotatable bonds is 6. The Morgan fingerprint density at radius 1 is 1.15 bits per heavy atom. The Bertz CT molecular complexity index is 1300. The highest BCUT2D eigenvalue weighted by atomic mass is 32.2. The van der Waals surface area contributed by atoms with Gasteiger partial charge in [-0.05, 0) is 41.2 Å². The van der Waals surface area contributed by atoms with E-state index < -0.39 is 0 Å². The van der Waals surface area contributed by atoms with E-state index in [0.29, 0.717) is 11.6 Å². The lowest BCUT2D eigenvalue weighted by Crippen LogP contribution is -2.30. The van der Waals surface area contributed by atoms with Gasteiger partial charge in [0.1, 0.15) is 16.1 Å². The van der Waals surface area contributed by atoms with Gasteiger partial charge in [-0.15, -0.1) is 0 Å². The number of amides is 1. The minimum atomic E-state index is -0.0509. The predicted octanol–water partition coefficient (Wildman–Crippen LogP) is 5.50. The van der Waals surface area contributed by atoms with E-state index in [-0.39, 0.29) is 11.7 Å². The van der Waals surface area contributed by atoms with E-state index in [1.165, 1.54) is 34.8 Å². The van der Waals surface area contributed by atoms with Gasteiger partial charge in [0.25, 0.3) is 0 Å². The van der Waals surface area contributed by atoms with Gasteiger partial charge in [0.2, 0.25) is 5.91 Å². The van der Waals surface area contributed by atoms with Crippen LogP contribution in [-0.2, 0) is 17.8 Å². The second-order valence-corrected chi connectivity index (χ2v) is 10.3. The van der Waals surface area contributed by atoms with Crippen molar-refractivity contribution < 1.29 is 4.79 Å². The largest absolute Gasteiger partial charge is 0.343 e. The number of thioether (sulfide) groups is 1. The van der Waals surface area contributed by atoms with Crippen molar-refractivity contribution >= 4 is 50.2 Å². The van der Waals surface area contributed by atoms with Crippen LogP contribution in [0.4, 0.5) is 10.8 Å². The molecule has 33 heavy (non-hydrogen) atoms. The molecule has 0 unspecified atom stereocenters. The summed E-state index contributed by atoms with van der Waals surface area (Å²) in [5, 5.41) is 4.75. The monoisotopic (exact) mass is 475 g/mol. The molecule has 1 N–H and O–H groups in total. The summed E-state index contributed by atoms with van der Waals surface area (Å²) in [6.07, 6.45) is 2.54. The lowest BCUT2D eigenvalue weighted by atomic mass is 10.0. The smallest absolute Gasteiger partial charge is 0.234 e. The van der Waals surface area contributed by atoms with Crippen molar-refractivity contribution in [1.29, 1.82) is 0 Å². The zero-order chi connectivity index (χ0) is 22.8. The number of thiazole rings is 1. The summed E-state index contributed by atoms with van der Waals surface area (Å²) in [7, 11) is 0. The summed E-state index contributed by atoms with van der Waals surface area (Å²) in [4.78, 5) is 28.5. The Labute approximate surface area is 201 Å². The fourth-order valence-corrected chi connectivity index (χ4v) is 5.84. The Morgan fingerprint density at radius 2 is 2.00 bits per heavy atom. The third-order valence-corrected chi connectivity index (χ3v) is 7.96. The fourth-order valence-electron chi connectivity index (χ4n) is 3.93. The quantitative estimate of drug-likeness (QED) is 0.293. The summed E-state index contributed by atoms with van der Waals surface area (Å²) < 4.78 is 0.936. The van der Waals surface area contributed by atoms with Gasteiger partial charge >= 0.3 is 0 Å². The molecule has 1 aliphatic rings. The molecule has 0 aliphatic carbocycles. The molecule has 0 saturated heterocycles. The molecule has 8 heteroatoms. The Hall–Kier alpha value is -2.97. The van der Waals surface area contributed by atoms with E-state index in [4.69, 9.17) is 4.98 Å². The van der Waals surface area contributed by atoms with Crippen molar-refractivity contribution in [2.24, 2.45) is 0 Å². The van der Waals surface area contributed by atoms with Gasteiger partial charge in [-0.3, -0.25) is 4.79 Å². The Morgan fingerprint density at radius 3 is 2.85 bits per heavy atom. The SMILES string of the molecule is CC(C)c1cccc(NC(=O)CSc2ncnc3nc(N4CCc5ccccc5C4)sc23)c1. The minimum absolute atomic E-state index is 0.0509. The number of nitrogens with zero attached hydrogens (tertiary/aromatic N) is 4. The maximum absolute atomic E-state index is 12.6. The molecule has 5 rings (SSSR count). The summed E-state index contributed by atoms with van der Waals surface area (Å²) in [5.41, 5.74) is 5.48. The molecule has 0 spiro atoms. The number of fused-ring (bicyclic) bond motifs is 2. The summed E-state index contributed by atoms with van der Waals surface area (Å²) in [6, 6.07) is 16.6. The Balaban J connectivity index is 1.28. The molecule has 2 aromatic heterocycles. The number of hydrogen-bond donors (Lipinski definition) is 1. The van der Waals surface area contributed by atoms with Crippen molar-refractivity contribution in [2.75, 3.05) is 22.5 Å². The molecule has 2 aromatic carbocycles. The van der Waals surface area contributed by atoms with Gasteiger partial charge in [0.05, 0.1) is 5.75 Å². The van der Waals surface area contributed by atoms with Crippen LogP contribution >= 0.6 is 23.1 Å². The lowest BCUT2D eigenvalue weighted by Gasteiger charge is -2.28. The highest BCUT2D eigenvalue weighted by molar-refractivity contribution is 8.00. The van der Waals surface area contributed by atoms with Gasteiger partial charge in [0, 0.05) is 18.8 Å². The van der Waals surface area contributed by atoms with Crippen molar-refractivity contribution in [2.45, 2.75) is 37.8 Å². The van der Waals surface area contributed by atoms with E-state index in [0.717, 1.165) is 40.1 Å². The van der Waals surface area contributed by atoms with Crippen LogP contribution in [0, 0.1) is 0 Å². The predicted molar refractivity (Wildman–Crippen MR) is 136 cm³/mol. The van der Waals surface area contributed by atoms with E-state index in [1.807, 2.05) is 18.2 Å². The van der Waals surface area contributed by atoms with Crippen molar-refractivity contribution in [3.8, 4) is 0 Å². The van der Waals surface area contributed by atoms with Gasteiger partial charge in [0.15, 0.2) is 10.8 Å². The molecule has 0 saturated carbocycles. The number of benzene rings is 2. The van der Waals surface area contributed by atoms with Crippen LogP contribution in [0.1, 0.15) is 36.5 Å². The molecule has 1 aliphatic heterocycles. The average molecular weight is 476 g/mol. The molecule has 0 bridgehead atoms. The zero-order valence-electron chi connectivity index (χ0n) is 18.6. The van der Waals surface area contributed by atoms with Gasteiger partial charge in [-0.25, -0.2) is 9.97 Å². The average Bonchev–Trinajstić information content (AvgIpc) is 3.27. The molecular weight excluding hydrogens is 450 g/mol. The van der Waals surface area contributed by atoms with Gasteiger partial charge in [-0.2, -0.15) is 4.98 Å². The van der Waals surface area contributed by atoms with Crippen molar-refractivity contribution in [3.63, 3.8) is 0 Å². The fraction of sp³-hybridized carbons (Fsp3) is 0.280. The first-order chi connectivity index (χ1) is 16.1. The van der Waals surface area contributed by atoms with Crippen LogP contribution in [0.3, 0.4) is 0 Å². The van der Waals surface area contributed by atoms with E-state index >= 15 is 0 Å². The second-order valence-electron chi connectivity index (χ2n) is 8.39. The van der Waals surface area contributed by atoms with Gasteiger partial charge < -0.3 is 10.2 Å². The van der Waals surface area contributed by atoms with Crippen LogP contribution in [0.2, 0.25) is 0 Å². The standard InChI is InChI=1S/C25H25N5OS2/c1-16(2)18-8-5-9-20(12-18)28-21(31)14-32-24-22-23(26-15-27-24)29-25(33-22)30-11-10-17-6-3-4-7-19(17)13-30/h3-9,12,15-16H,10-11,13-14H2,1-2H3,(H,28,31). The second kappa shape index (κ2) is 9.49. The number of nitrogens with one attached hydrogen (secondary N) is 1. The minimum Gasteiger partial charge on any atom is -0.343 e. The highest BCUT2D eigenvalue weighted by Crippen LogP contribution is 2.35. The van der Waals surface area contributed by atoms with E-state index in [2.05, 4.69) is 64.4 Å². The molecule has 0 atom stereocenters. The van der Waals surface area contributed by atoms with E-state index in [1.54, 1.807) is 11.3 Å². The summed E-state index contributed by atoms with van der Waals surface area (Å²) in [5.74, 6) is 0.645. The number of carbonyl (C=O) groups excluding carboxylic acids is 1. The third kappa shape index (κ3) is 4.86. The topological polar surface area (TPSA) is 71.0 Å². The molecule has 6 nitrogen and oxygen atoms in total. The molecule has 0 radical (unpaired) electrons. The van der Waals surface area contributed by atoms with Crippen LogP contribution in [0.25, 0.3) is 10.3 Å². The number of hydrogen-bond acceptors (Lipinski definition) is 7. The first kappa shape index (κ1) is 21.9. The third-order valence-electron chi connectivity index (χ3n) is 5.73. The molecule has 168 valence electrons. The van der Waals surface area contributed by atoms with Crippen molar-refractivity contribution in [1.82, 2.24) is 15.0 Å². The first-order valence-corrected chi connectivity index (χ1v) is 12.8. The van der Waals surface area contributed by atoms with Crippen LogP contribution in [-0.4, -0.2) is 33.2 Å². The van der Waals surface area contributed by atoms with Crippen LogP contribution in [0.15, 0.2) is 59.9 Å². The molecule has 0 fully saturated rings. The zero-order valence-corrected chi connectivity index (χ0v) is 20.2. The maximum Gasteiger partial charge on any atom is 0.234 e. The first-order valence-electron chi connectivity index (χ1n) is 11.0. The number of aromatic nitrogens is 3. The Kier molecular flexibility index (Phi) is 6.28. The van der Waals surface area contributed by atoms with Crippen molar-refractivity contribution in [3.05, 3.63) is 71.5 Å². The summed E-state index contributed by atoms with van der Waals surface area (Å²) in [6.45, 7) is 6.07. The maximum atomic E-state index is 12.6. The van der Waals surface area contributed by atoms with E-state index in [9.17, 15) is 4.79 Å². The molecule has 1 amide bonds.